The zero-order valence-corrected chi connectivity index (χ0v) is 15.0. The minimum Gasteiger partial charge on any atom is -0.485 e. The number of ketones is 1. The molecule has 1 aromatic carbocycles. The van der Waals surface area contributed by atoms with E-state index >= 15 is 0 Å². The quantitative estimate of drug-likeness (QED) is 0.351. The van der Waals surface area contributed by atoms with Crippen molar-refractivity contribution < 1.29 is 24.0 Å². The van der Waals surface area contributed by atoms with Crippen LogP contribution in [-0.2, 0) is 4.74 Å². The fraction of sp³-hybridized carbons (Fsp3) is 0.333. The Hall–Kier alpha value is -3.16. The van der Waals surface area contributed by atoms with Crippen molar-refractivity contribution in [3.63, 3.8) is 0 Å². The first-order chi connectivity index (χ1) is 12.3. The first-order valence-electron chi connectivity index (χ1n) is 8.03. The summed E-state index contributed by atoms with van der Waals surface area (Å²) in [5, 5.41) is 10.8. The number of hydrogen-bond acceptors (Lipinski definition) is 6. The second-order valence-electron chi connectivity index (χ2n) is 5.76. The number of H-pyrrole nitrogens is 1. The number of benzene rings is 1. The number of Topliss-reactive ketones (excluding diaryl/α,β-unsaturated/α-hetero) is 1. The molecule has 0 aliphatic rings. The molecule has 0 radical (unpaired) electrons. The van der Waals surface area contributed by atoms with Gasteiger partial charge in [0.2, 0.25) is 5.78 Å². The van der Waals surface area contributed by atoms with Gasteiger partial charge in [-0.25, -0.2) is 4.79 Å². The van der Waals surface area contributed by atoms with Gasteiger partial charge in [0.25, 0.3) is 5.69 Å². The minimum absolute atomic E-state index is 0.0228. The summed E-state index contributed by atoms with van der Waals surface area (Å²) in [7, 11) is 0. The number of aromatic amines is 1. The Morgan fingerprint density at radius 1 is 1.15 bits per heavy atom. The minimum atomic E-state index is -0.566. The van der Waals surface area contributed by atoms with Gasteiger partial charge in [-0.15, -0.1) is 0 Å². The summed E-state index contributed by atoms with van der Waals surface area (Å²) < 4.78 is 10.5. The average molecular weight is 360 g/mol. The van der Waals surface area contributed by atoms with Crippen molar-refractivity contribution in [1.29, 1.82) is 0 Å². The van der Waals surface area contributed by atoms with Crippen molar-refractivity contribution in [2.45, 2.75) is 27.7 Å². The molecule has 26 heavy (non-hydrogen) atoms. The molecule has 8 heteroatoms. The van der Waals surface area contributed by atoms with Crippen LogP contribution in [0.25, 0.3) is 0 Å². The molecule has 2 rings (SSSR count). The molecule has 0 bridgehead atoms. The second-order valence-corrected chi connectivity index (χ2v) is 5.76. The number of hydrogen-bond donors (Lipinski definition) is 1. The summed E-state index contributed by atoms with van der Waals surface area (Å²) in [6.45, 7) is 6.56. The maximum atomic E-state index is 12.6. The molecular formula is C18H20N2O6. The van der Waals surface area contributed by atoms with Gasteiger partial charge in [-0.1, -0.05) is 0 Å². The molecule has 138 valence electrons. The van der Waals surface area contributed by atoms with E-state index in [-0.39, 0.29) is 35.8 Å². The van der Waals surface area contributed by atoms with Crippen LogP contribution in [0.15, 0.2) is 18.2 Å². The predicted octanol–water partition coefficient (Wildman–Crippen LogP) is 3.29. The zero-order chi connectivity index (χ0) is 19.4. The lowest BCUT2D eigenvalue weighted by Crippen LogP contribution is -2.17. The Bertz CT molecular complexity index is 869. The van der Waals surface area contributed by atoms with Crippen LogP contribution in [0.3, 0.4) is 0 Å². The average Bonchev–Trinajstić information content (AvgIpc) is 2.86. The maximum Gasteiger partial charge on any atom is 0.340 e. The van der Waals surface area contributed by atoms with Gasteiger partial charge in [-0.3, -0.25) is 14.9 Å². The zero-order valence-electron chi connectivity index (χ0n) is 15.0. The van der Waals surface area contributed by atoms with Gasteiger partial charge in [-0.2, -0.15) is 0 Å². The Balaban J connectivity index is 2.20. The van der Waals surface area contributed by atoms with Crippen molar-refractivity contribution in [3.8, 4) is 5.75 Å². The van der Waals surface area contributed by atoms with E-state index in [0.717, 1.165) is 0 Å². The van der Waals surface area contributed by atoms with Crippen LogP contribution in [0, 0.1) is 30.9 Å². The van der Waals surface area contributed by atoms with Crippen LogP contribution < -0.4 is 4.74 Å². The molecule has 0 amide bonds. The summed E-state index contributed by atoms with van der Waals surface area (Å²) in [5.74, 6) is -0.612. The molecule has 1 aromatic heterocycles. The molecule has 0 saturated heterocycles. The van der Waals surface area contributed by atoms with Crippen molar-refractivity contribution in [2.75, 3.05) is 13.2 Å². The Morgan fingerprint density at radius 2 is 1.81 bits per heavy atom. The highest BCUT2D eigenvalue weighted by Gasteiger charge is 2.25. The van der Waals surface area contributed by atoms with Crippen LogP contribution in [-0.4, -0.2) is 34.9 Å². The van der Waals surface area contributed by atoms with Gasteiger partial charge < -0.3 is 14.5 Å². The number of aryl methyl sites for hydroxylation is 3. The summed E-state index contributed by atoms with van der Waals surface area (Å²) in [5.41, 5.74) is 1.96. The normalized spacial score (nSPS) is 10.5. The highest BCUT2D eigenvalue weighted by Crippen LogP contribution is 2.24. The third kappa shape index (κ3) is 3.90. The lowest BCUT2D eigenvalue weighted by molar-refractivity contribution is -0.385. The number of esters is 1. The summed E-state index contributed by atoms with van der Waals surface area (Å²) >= 11 is 0. The number of rotatable bonds is 7. The van der Waals surface area contributed by atoms with E-state index in [2.05, 4.69) is 4.98 Å². The summed E-state index contributed by atoms with van der Waals surface area (Å²) in [4.78, 5) is 38.0. The fourth-order valence-electron chi connectivity index (χ4n) is 2.73. The van der Waals surface area contributed by atoms with E-state index in [1.165, 1.54) is 18.2 Å². The van der Waals surface area contributed by atoms with Crippen molar-refractivity contribution in [2.24, 2.45) is 0 Å². The lowest BCUT2D eigenvalue weighted by Gasteiger charge is -2.08. The van der Waals surface area contributed by atoms with E-state index < -0.39 is 10.9 Å². The number of carbonyl (C=O) groups is 2. The van der Waals surface area contributed by atoms with E-state index in [0.29, 0.717) is 22.7 Å². The number of aromatic nitrogens is 1. The number of nitrogens with one attached hydrogen (secondary N) is 1. The van der Waals surface area contributed by atoms with Crippen LogP contribution in [0.1, 0.15) is 44.6 Å². The smallest absolute Gasteiger partial charge is 0.340 e. The molecule has 0 spiro atoms. The third-order valence-corrected chi connectivity index (χ3v) is 3.87. The number of nitrogens with zero attached hydrogens (tertiary/aromatic N) is 1. The second kappa shape index (κ2) is 7.81. The van der Waals surface area contributed by atoms with E-state index in [4.69, 9.17) is 9.47 Å². The van der Waals surface area contributed by atoms with Crippen molar-refractivity contribution in [3.05, 3.63) is 56.4 Å². The topological polar surface area (TPSA) is 112 Å². The van der Waals surface area contributed by atoms with Gasteiger partial charge in [0.15, 0.2) is 6.61 Å². The van der Waals surface area contributed by atoms with Gasteiger partial charge >= 0.3 is 5.97 Å². The molecule has 0 aliphatic heterocycles. The van der Waals surface area contributed by atoms with E-state index in [1.807, 2.05) is 0 Å². The molecule has 0 fully saturated rings. The fourth-order valence-corrected chi connectivity index (χ4v) is 2.73. The first kappa shape index (κ1) is 19.2. The molecule has 1 N–H and O–H groups in total. The van der Waals surface area contributed by atoms with Crippen molar-refractivity contribution >= 4 is 17.4 Å². The molecule has 0 atom stereocenters. The van der Waals surface area contributed by atoms with Gasteiger partial charge in [0.1, 0.15) is 5.75 Å². The van der Waals surface area contributed by atoms with Gasteiger partial charge in [0, 0.05) is 23.0 Å². The van der Waals surface area contributed by atoms with E-state index in [1.54, 1.807) is 27.7 Å². The summed E-state index contributed by atoms with van der Waals surface area (Å²) in [6.07, 6.45) is 0. The molecule has 0 saturated carbocycles. The molecule has 8 nitrogen and oxygen atoms in total. The number of ether oxygens (including phenoxy) is 2. The molecule has 0 unspecified atom stereocenters. The Kier molecular flexibility index (Phi) is 5.76. The molecular weight excluding hydrogens is 340 g/mol. The molecule has 2 aromatic rings. The third-order valence-electron chi connectivity index (χ3n) is 3.87. The standard InChI is InChI=1S/C18H20N2O6/c1-5-25-18(22)17-12(4)19-11(3)16(17)15(21)9-26-13-6-7-14(20(23)24)10(2)8-13/h6-8,19H,5,9H2,1-4H3. The first-order valence-corrected chi connectivity index (χ1v) is 8.03. The molecule has 0 aliphatic carbocycles. The van der Waals surface area contributed by atoms with Crippen LogP contribution >= 0.6 is 0 Å². The SMILES string of the molecule is CCOC(=O)c1c(C)[nH]c(C)c1C(=O)COc1ccc([N+](=O)[O-])c(C)c1. The lowest BCUT2D eigenvalue weighted by atomic mass is 10.1. The monoisotopic (exact) mass is 360 g/mol. The summed E-state index contributed by atoms with van der Waals surface area (Å²) in [6, 6.07) is 4.25. The Morgan fingerprint density at radius 3 is 2.38 bits per heavy atom. The largest absolute Gasteiger partial charge is 0.485 e. The highest BCUT2D eigenvalue weighted by molar-refractivity contribution is 6.08. The van der Waals surface area contributed by atoms with Crippen molar-refractivity contribution in [1.82, 2.24) is 4.98 Å². The number of carbonyl (C=O) groups excluding carboxylic acids is 2. The highest BCUT2D eigenvalue weighted by atomic mass is 16.6. The van der Waals surface area contributed by atoms with Crippen LogP contribution in [0.2, 0.25) is 0 Å². The maximum absolute atomic E-state index is 12.6. The van der Waals surface area contributed by atoms with Crippen LogP contribution in [0.5, 0.6) is 5.75 Å². The predicted molar refractivity (Wildman–Crippen MR) is 93.9 cm³/mol. The number of nitro benzene ring substituents is 1. The van der Waals surface area contributed by atoms with Gasteiger partial charge in [-0.05, 0) is 39.8 Å². The molecule has 1 heterocycles. The Labute approximate surface area is 150 Å². The van der Waals surface area contributed by atoms with Crippen LogP contribution in [0.4, 0.5) is 5.69 Å². The number of nitro groups is 1. The van der Waals surface area contributed by atoms with E-state index in [9.17, 15) is 19.7 Å². The van der Waals surface area contributed by atoms with Gasteiger partial charge in [0.05, 0.1) is 22.7 Å².